The molecule has 0 saturated heterocycles. The molecule has 37 heavy (non-hydrogen) atoms. The third-order valence-electron chi connectivity index (χ3n) is 6.90. The molecule has 0 bridgehead atoms. The van der Waals surface area contributed by atoms with Crippen molar-refractivity contribution >= 4 is 18.0 Å². The van der Waals surface area contributed by atoms with Crippen molar-refractivity contribution < 1.29 is 14.3 Å². The van der Waals surface area contributed by atoms with Crippen LogP contribution in [0.2, 0.25) is 0 Å². The van der Waals surface area contributed by atoms with Crippen molar-refractivity contribution in [3.8, 4) is 34.3 Å². The maximum Gasteiger partial charge on any atom is 0.260 e. The van der Waals surface area contributed by atoms with Crippen LogP contribution in [0.25, 0.3) is 22.5 Å². The molecule has 0 radical (unpaired) electrons. The van der Waals surface area contributed by atoms with Gasteiger partial charge in [0, 0.05) is 29.8 Å². The molecule has 1 fully saturated rings. The number of aryl methyl sites for hydroxylation is 1. The Labute approximate surface area is 213 Å². The predicted molar refractivity (Wildman–Crippen MR) is 135 cm³/mol. The summed E-state index contributed by atoms with van der Waals surface area (Å²) in [6.07, 6.45) is 4.41. The van der Waals surface area contributed by atoms with Crippen LogP contribution in [0.4, 0.5) is 5.82 Å². The highest BCUT2D eigenvalue weighted by atomic mass is 16.5. The molecule has 0 spiro atoms. The molecule has 1 aliphatic heterocycles. The normalized spacial score (nSPS) is 14.4. The van der Waals surface area contributed by atoms with E-state index in [4.69, 9.17) is 9.72 Å². The predicted octanol–water partition coefficient (Wildman–Crippen LogP) is 4.27. The van der Waals surface area contributed by atoms with Gasteiger partial charge in [0.15, 0.2) is 12.1 Å². The molecule has 2 aliphatic rings. The molecule has 2 aromatic heterocycles. The molecule has 4 aromatic rings. The summed E-state index contributed by atoms with van der Waals surface area (Å²) in [5, 5.41) is 17.8. The molecule has 0 atom stereocenters. The number of hydrogen-bond donors (Lipinski definition) is 0. The maximum absolute atomic E-state index is 13.5. The van der Waals surface area contributed by atoms with Crippen molar-refractivity contribution in [1.82, 2.24) is 19.7 Å². The third kappa shape index (κ3) is 3.83. The largest absolute Gasteiger partial charge is 0.496 e. The number of amides is 1. The second-order valence-corrected chi connectivity index (χ2v) is 9.31. The smallest absolute Gasteiger partial charge is 0.260 e. The monoisotopic (exact) mass is 490 g/mol. The number of pyridine rings is 1. The van der Waals surface area contributed by atoms with Gasteiger partial charge in [-0.25, -0.2) is 4.98 Å². The lowest BCUT2D eigenvalue weighted by molar-refractivity contribution is 0.0996. The average molecular weight is 491 g/mol. The van der Waals surface area contributed by atoms with Gasteiger partial charge in [-0.05, 0) is 65.9 Å². The van der Waals surface area contributed by atoms with E-state index in [0.29, 0.717) is 52.8 Å². The number of nitrogens with zero attached hydrogens (tertiary/aromatic N) is 6. The highest BCUT2D eigenvalue weighted by molar-refractivity contribution is 6.10. The van der Waals surface area contributed by atoms with E-state index in [1.807, 2.05) is 23.7 Å². The van der Waals surface area contributed by atoms with Gasteiger partial charge in [-0.1, -0.05) is 6.07 Å². The number of nitriles is 1. The summed E-state index contributed by atoms with van der Waals surface area (Å²) >= 11 is 0. The van der Waals surface area contributed by atoms with Crippen LogP contribution in [0.3, 0.4) is 0 Å². The Morgan fingerprint density at radius 3 is 2.62 bits per heavy atom. The van der Waals surface area contributed by atoms with Gasteiger partial charge in [-0.2, -0.15) is 5.26 Å². The molecule has 0 N–H and O–H groups in total. The van der Waals surface area contributed by atoms with Gasteiger partial charge in [0.2, 0.25) is 0 Å². The Hall–Kier alpha value is -4.84. The number of aldehydes is 1. The van der Waals surface area contributed by atoms with Gasteiger partial charge in [-0.3, -0.25) is 14.5 Å². The molecule has 0 unspecified atom stereocenters. The van der Waals surface area contributed by atoms with E-state index in [2.05, 4.69) is 22.3 Å². The number of fused-ring (bicyclic) bond motifs is 1. The second kappa shape index (κ2) is 8.68. The number of methoxy groups -OCH3 is 1. The molecule has 9 heteroatoms. The Kier molecular flexibility index (Phi) is 5.30. The fraction of sp³-hybridized carbons (Fsp3) is 0.214. The highest BCUT2D eigenvalue weighted by Gasteiger charge is 2.33. The molecule has 182 valence electrons. The molecular formula is C28H22N6O3. The fourth-order valence-corrected chi connectivity index (χ4v) is 4.81. The van der Waals surface area contributed by atoms with Crippen molar-refractivity contribution in [3.05, 3.63) is 76.7 Å². The molecular weight excluding hydrogens is 468 g/mol. The van der Waals surface area contributed by atoms with Gasteiger partial charge >= 0.3 is 0 Å². The SMILES string of the molecule is COc1cc2c(cc1C=O)C(=O)N(c1cc(-c3ccc(C#N)cc3-c3nncn3C)cc(C3CC3)n1)C2. The van der Waals surface area contributed by atoms with Crippen molar-refractivity contribution in [2.24, 2.45) is 7.05 Å². The van der Waals surface area contributed by atoms with Crippen molar-refractivity contribution in [2.45, 2.75) is 25.3 Å². The van der Waals surface area contributed by atoms with Crippen LogP contribution in [0, 0.1) is 11.3 Å². The minimum atomic E-state index is -0.208. The summed E-state index contributed by atoms with van der Waals surface area (Å²) in [6.45, 7) is 0.327. The standard InChI is InChI=1S/C28H22N6O3/c1-33-15-30-32-27(33)23-7-16(12-29)3-6-21(23)18-9-24(17-4-5-17)31-26(11-18)34-13-19-10-25(37-2)20(14-35)8-22(19)28(34)36/h3,6-11,14-15,17H,4-5,13H2,1-2H3. The first kappa shape index (κ1) is 22.6. The zero-order chi connectivity index (χ0) is 25.7. The van der Waals surface area contributed by atoms with Crippen LogP contribution in [0.1, 0.15) is 56.3 Å². The van der Waals surface area contributed by atoms with Crippen LogP contribution < -0.4 is 9.64 Å². The lowest BCUT2D eigenvalue weighted by Crippen LogP contribution is -2.24. The van der Waals surface area contributed by atoms with Crippen LogP contribution in [-0.2, 0) is 13.6 Å². The van der Waals surface area contributed by atoms with E-state index in [0.717, 1.165) is 40.8 Å². The first-order chi connectivity index (χ1) is 18.0. The number of anilines is 1. The number of rotatable bonds is 6. The number of aromatic nitrogens is 4. The van der Waals surface area contributed by atoms with Gasteiger partial charge in [0.05, 0.1) is 30.9 Å². The third-order valence-corrected chi connectivity index (χ3v) is 6.90. The van der Waals surface area contributed by atoms with Crippen molar-refractivity contribution in [2.75, 3.05) is 12.0 Å². The number of hydrogen-bond acceptors (Lipinski definition) is 7. The van der Waals surface area contributed by atoms with Crippen LogP contribution >= 0.6 is 0 Å². The van der Waals surface area contributed by atoms with Crippen LogP contribution in [0.15, 0.2) is 48.8 Å². The second-order valence-electron chi connectivity index (χ2n) is 9.31. The van der Waals surface area contributed by atoms with Crippen molar-refractivity contribution in [1.29, 1.82) is 5.26 Å². The summed E-state index contributed by atoms with van der Waals surface area (Å²) in [5.74, 6) is 1.75. The van der Waals surface area contributed by atoms with Gasteiger partial charge < -0.3 is 9.30 Å². The topological polar surface area (TPSA) is 114 Å². The first-order valence-electron chi connectivity index (χ1n) is 11.9. The maximum atomic E-state index is 13.5. The van der Waals surface area contributed by atoms with E-state index < -0.39 is 0 Å². The van der Waals surface area contributed by atoms with E-state index in [9.17, 15) is 14.9 Å². The summed E-state index contributed by atoms with van der Waals surface area (Å²) in [6, 6.07) is 15.0. The zero-order valence-corrected chi connectivity index (χ0v) is 20.3. The van der Waals surface area contributed by atoms with Crippen molar-refractivity contribution in [3.63, 3.8) is 0 Å². The quantitative estimate of drug-likeness (QED) is 0.371. The van der Waals surface area contributed by atoms with Crippen LogP contribution in [-0.4, -0.2) is 39.1 Å². The summed E-state index contributed by atoms with van der Waals surface area (Å²) in [4.78, 5) is 31.5. The van der Waals surface area contributed by atoms with E-state index in [1.54, 1.807) is 35.5 Å². The van der Waals surface area contributed by atoms with E-state index in [1.165, 1.54) is 7.11 Å². The fourth-order valence-electron chi connectivity index (χ4n) is 4.81. The number of carbonyl (C=O) groups is 2. The Morgan fingerprint density at radius 1 is 1.11 bits per heavy atom. The summed E-state index contributed by atoms with van der Waals surface area (Å²) in [7, 11) is 3.36. The summed E-state index contributed by atoms with van der Waals surface area (Å²) < 4.78 is 7.15. The zero-order valence-electron chi connectivity index (χ0n) is 20.3. The molecule has 1 saturated carbocycles. The number of benzene rings is 2. The minimum absolute atomic E-state index is 0.208. The Balaban J connectivity index is 1.48. The first-order valence-corrected chi connectivity index (χ1v) is 11.9. The molecule has 2 aromatic carbocycles. The van der Waals surface area contributed by atoms with E-state index in [-0.39, 0.29) is 5.91 Å². The van der Waals surface area contributed by atoms with Gasteiger partial charge in [0.1, 0.15) is 17.9 Å². The highest BCUT2D eigenvalue weighted by Crippen LogP contribution is 2.43. The molecule has 9 nitrogen and oxygen atoms in total. The Morgan fingerprint density at radius 2 is 1.95 bits per heavy atom. The Bertz CT molecular complexity index is 1630. The van der Waals surface area contributed by atoms with E-state index >= 15 is 0 Å². The number of carbonyl (C=O) groups excluding carboxylic acids is 2. The molecule has 6 rings (SSSR count). The molecule has 1 aliphatic carbocycles. The van der Waals surface area contributed by atoms with Gasteiger partial charge in [-0.15, -0.1) is 10.2 Å². The average Bonchev–Trinajstić information content (AvgIpc) is 3.62. The molecule has 1 amide bonds. The van der Waals surface area contributed by atoms with Gasteiger partial charge in [0.25, 0.3) is 5.91 Å². The summed E-state index contributed by atoms with van der Waals surface area (Å²) in [5.41, 5.74) is 5.56. The molecule has 3 heterocycles. The minimum Gasteiger partial charge on any atom is -0.496 e. The number of ether oxygens (including phenoxy) is 1. The van der Waals surface area contributed by atoms with Crippen LogP contribution in [0.5, 0.6) is 5.75 Å². The lowest BCUT2D eigenvalue weighted by Gasteiger charge is -2.18. The lowest BCUT2D eigenvalue weighted by atomic mass is 9.96.